The molecule has 0 saturated carbocycles. The predicted molar refractivity (Wildman–Crippen MR) is 64.0 cm³/mol. The van der Waals surface area contributed by atoms with Crippen molar-refractivity contribution in [3.05, 3.63) is 16.3 Å². The Balaban J connectivity index is 2.16. The molecule has 18 heavy (non-hydrogen) atoms. The first kappa shape index (κ1) is 11.5. The number of carbonyl (C=O) groups excluding carboxylic acids is 1. The SMILES string of the molecule is CCC1N=C2C3=C(NCNC3)[N+](=O)[N+]2(CC)C1=O. The van der Waals surface area contributed by atoms with Gasteiger partial charge in [0.05, 0.1) is 0 Å². The van der Waals surface area contributed by atoms with E-state index < -0.39 is 0 Å². The van der Waals surface area contributed by atoms with Crippen LogP contribution >= 0.6 is 0 Å². The second kappa shape index (κ2) is 3.69. The van der Waals surface area contributed by atoms with Crippen molar-refractivity contribution in [3.8, 4) is 0 Å². The van der Waals surface area contributed by atoms with Crippen molar-refractivity contribution in [2.45, 2.75) is 26.3 Å². The van der Waals surface area contributed by atoms with E-state index in [-0.39, 0.29) is 16.5 Å². The summed E-state index contributed by atoms with van der Waals surface area (Å²) in [7, 11) is 0. The molecule has 0 aliphatic carbocycles. The molecule has 0 aromatic heterocycles. The minimum Gasteiger partial charge on any atom is -0.277 e. The number of fused-ring (bicyclic) bond motifs is 2. The molecular weight excluding hydrogens is 234 g/mol. The van der Waals surface area contributed by atoms with Gasteiger partial charge in [0, 0.05) is 6.54 Å². The molecule has 0 aromatic carbocycles. The van der Waals surface area contributed by atoms with Crippen LogP contribution in [0.15, 0.2) is 16.4 Å². The molecule has 0 aromatic rings. The number of quaternary nitrogens is 1. The third-order valence-corrected chi connectivity index (χ3v) is 3.86. The summed E-state index contributed by atoms with van der Waals surface area (Å²) in [5, 5.41) is 6.15. The summed E-state index contributed by atoms with van der Waals surface area (Å²) in [4.78, 5) is 30.2. The fraction of sp³-hybridized carbons (Fsp3) is 0.636. The number of nitroso groups, excluding NO2 is 1. The number of hydrogen-bond acceptors (Lipinski definition) is 5. The number of nitrogens with zero attached hydrogens (tertiary/aromatic N) is 3. The van der Waals surface area contributed by atoms with E-state index in [1.807, 2.05) is 13.8 Å². The molecule has 2 N–H and O–H groups in total. The highest BCUT2D eigenvalue weighted by atomic mass is 16.4. The number of aliphatic imine (C=N–C) groups is 1. The Morgan fingerprint density at radius 2 is 2.28 bits per heavy atom. The molecular formula is C11H17N5O2+2. The Bertz CT molecular complexity index is 510. The average molecular weight is 251 g/mol. The van der Waals surface area contributed by atoms with Crippen LogP contribution in [0, 0.1) is 4.91 Å². The molecule has 1 amide bonds. The highest BCUT2D eigenvalue weighted by Crippen LogP contribution is 2.35. The maximum Gasteiger partial charge on any atom is 0.389 e. The van der Waals surface area contributed by atoms with E-state index in [9.17, 15) is 9.70 Å². The van der Waals surface area contributed by atoms with Gasteiger partial charge in [0.15, 0.2) is 16.5 Å². The summed E-state index contributed by atoms with van der Waals surface area (Å²) >= 11 is 0. The smallest absolute Gasteiger partial charge is 0.277 e. The van der Waals surface area contributed by atoms with E-state index >= 15 is 0 Å². The minimum atomic E-state index is -0.382. The van der Waals surface area contributed by atoms with Crippen LogP contribution in [-0.2, 0) is 4.79 Å². The standard InChI is InChI=1S/C11H17N5O2/c1-3-8-11(17)16(4-2)10(14-8)7-5-12-6-13-9(7)15(16)18/h8,12-13H,3-6H2,1-2H3/q+2. The molecule has 7 nitrogen and oxygen atoms in total. The van der Waals surface area contributed by atoms with Crippen LogP contribution in [-0.4, -0.2) is 47.0 Å². The van der Waals surface area contributed by atoms with E-state index in [1.54, 1.807) is 0 Å². The van der Waals surface area contributed by atoms with E-state index in [4.69, 9.17) is 0 Å². The van der Waals surface area contributed by atoms with Crippen molar-refractivity contribution in [3.63, 3.8) is 0 Å². The maximum atomic E-state index is 12.5. The Morgan fingerprint density at radius 1 is 1.50 bits per heavy atom. The van der Waals surface area contributed by atoms with Crippen LogP contribution in [0.1, 0.15) is 20.3 Å². The van der Waals surface area contributed by atoms with Gasteiger partial charge >= 0.3 is 11.7 Å². The summed E-state index contributed by atoms with van der Waals surface area (Å²) in [6.45, 7) is 5.31. The molecule has 0 saturated heterocycles. The zero-order valence-corrected chi connectivity index (χ0v) is 10.6. The fourth-order valence-electron chi connectivity index (χ4n) is 2.89. The van der Waals surface area contributed by atoms with E-state index in [0.717, 1.165) is 10.4 Å². The van der Waals surface area contributed by atoms with Gasteiger partial charge in [-0.15, -0.1) is 0 Å². The molecule has 3 aliphatic rings. The lowest BCUT2D eigenvalue weighted by Gasteiger charge is -2.18. The number of carbonyl (C=O) groups is 1. The van der Waals surface area contributed by atoms with Gasteiger partial charge in [0.2, 0.25) is 0 Å². The molecule has 96 valence electrons. The van der Waals surface area contributed by atoms with E-state index in [1.165, 1.54) is 0 Å². The number of hydrogen-bond donors (Lipinski definition) is 2. The molecule has 0 spiro atoms. The summed E-state index contributed by atoms with van der Waals surface area (Å²) in [6.07, 6.45) is 0.639. The topological polar surface area (TPSA) is 73.6 Å². The van der Waals surface area contributed by atoms with Crippen LogP contribution in [0.3, 0.4) is 0 Å². The van der Waals surface area contributed by atoms with Crippen molar-refractivity contribution < 1.29 is 14.3 Å². The summed E-state index contributed by atoms with van der Waals surface area (Å²) in [6, 6.07) is -0.382. The largest absolute Gasteiger partial charge is 0.389 e. The number of rotatable bonds is 2. The molecule has 3 heterocycles. The first-order valence-corrected chi connectivity index (χ1v) is 6.33. The van der Waals surface area contributed by atoms with Crippen LogP contribution in [0.5, 0.6) is 0 Å². The predicted octanol–water partition coefficient (Wildman–Crippen LogP) is -0.390. The molecule has 3 rings (SSSR count). The molecule has 7 heteroatoms. The second-order valence-electron chi connectivity index (χ2n) is 4.68. The number of likely N-dealkylation sites (N-methyl/N-ethyl adjacent to an activating group) is 1. The highest BCUT2D eigenvalue weighted by molar-refractivity contribution is 6.05. The fourth-order valence-corrected chi connectivity index (χ4v) is 2.89. The van der Waals surface area contributed by atoms with Gasteiger partial charge in [-0.3, -0.25) is 10.6 Å². The first-order chi connectivity index (χ1) is 8.66. The van der Waals surface area contributed by atoms with Crippen molar-refractivity contribution in [2.24, 2.45) is 4.99 Å². The van der Waals surface area contributed by atoms with Crippen LogP contribution in [0.2, 0.25) is 0 Å². The molecule has 0 radical (unpaired) electrons. The Kier molecular flexibility index (Phi) is 2.36. The molecule has 2 atom stereocenters. The second-order valence-corrected chi connectivity index (χ2v) is 4.68. The van der Waals surface area contributed by atoms with Crippen LogP contribution in [0.25, 0.3) is 0 Å². The molecule has 0 fully saturated rings. The molecule has 0 bridgehead atoms. The Hall–Kier alpha value is -1.60. The zero-order valence-electron chi connectivity index (χ0n) is 10.6. The van der Waals surface area contributed by atoms with Gasteiger partial charge in [-0.1, -0.05) is 6.92 Å². The number of amidine groups is 1. The molecule has 2 unspecified atom stereocenters. The third kappa shape index (κ3) is 1.10. The van der Waals surface area contributed by atoms with E-state index in [0.29, 0.717) is 37.8 Å². The Labute approximate surface area is 105 Å². The van der Waals surface area contributed by atoms with Gasteiger partial charge in [0.25, 0.3) is 5.84 Å². The van der Waals surface area contributed by atoms with E-state index in [2.05, 4.69) is 15.6 Å². The van der Waals surface area contributed by atoms with Crippen molar-refractivity contribution in [2.75, 3.05) is 19.8 Å². The van der Waals surface area contributed by atoms with Gasteiger partial charge in [-0.05, 0) is 22.8 Å². The van der Waals surface area contributed by atoms with Crippen LogP contribution in [0.4, 0.5) is 0 Å². The van der Waals surface area contributed by atoms with Crippen molar-refractivity contribution >= 4 is 11.7 Å². The van der Waals surface area contributed by atoms with Crippen molar-refractivity contribution in [1.29, 1.82) is 0 Å². The monoisotopic (exact) mass is 251 g/mol. The van der Waals surface area contributed by atoms with Gasteiger partial charge in [-0.2, -0.15) is 0 Å². The normalized spacial score (nSPS) is 34.3. The zero-order chi connectivity index (χ0) is 12.9. The lowest BCUT2D eigenvalue weighted by Crippen LogP contribution is -2.58. The lowest BCUT2D eigenvalue weighted by molar-refractivity contribution is -1.22. The molecule has 3 aliphatic heterocycles. The first-order valence-electron chi connectivity index (χ1n) is 6.33. The minimum absolute atomic E-state index is 0.110. The summed E-state index contributed by atoms with van der Waals surface area (Å²) in [5.41, 5.74) is 0.836. The van der Waals surface area contributed by atoms with Gasteiger partial charge < -0.3 is 0 Å². The third-order valence-electron chi connectivity index (χ3n) is 3.86. The summed E-state index contributed by atoms with van der Waals surface area (Å²) in [5.74, 6) is 1.01. The quantitative estimate of drug-likeness (QED) is 0.518. The summed E-state index contributed by atoms with van der Waals surface area (Å²) < 4.78 is -0.294. The lowest BCUT2D eigenvalue weighted by atomic mass is 10.2. The van der Waals surface area contributed by atoms with Crippen LogP contribution < -0.4 is 10.6 Å². The average Bonchev–Trinajstić information content (AvgIpc) is 2.83. The van der Waals surface area contributed by atoms with Gasteiger partial charge in [0.1, 0.15) is 13.2 Å². The Morgan fingerprint density at radius 3 is 2.94 bits per heavy atom. The van der Waals surface area contributed by atoms with Gasteiger partial charge in [-0.25, -0.2) is 9.79 Å². The van der Waals surface area contributed by atoms with Crippen molar-refractivity contribution in [1.82, 2.24) is 10.6 Å². The maximum absolute atomic E-state index is 12.5. The number of nitrogens with one attached hydrogen (secondary N) is 2. The highest BCUT2D eigenvalue weighted by Gasteiger charge is 2.68. The number of amides is 1.